The molecule has 37 heavy (non-hydrogen) atoms. The molecule has 2 aromatic carbocycles. The molecular formula is C29H33N3O4S. The Kier molecular flexibility index (Phi) is 7.86. The Morgan fingerprint density at radius 1 is 0.865 bits per heavy atom. The van der Waals surface area contributed by atoms with Crippen LogP contribution >= 0.6 is 11.8 Å². The lowest BCUT2D eigenvalue weighted by Gasteiger charge is -2.44. The minimum Gasteiger partial charge on any atom is -0.502 e. The zero-order valence-electron chi connectivity index (χ0n) is 20.9. The Morgan fingerprint density at radius 2 is 1.57 bits per heavy atom. The fourth-order valence-electron chi connectivity index (χ4n) is 5.30. The van der Waals surface area contributed by atoms with E-state index in [0.717, 1.165) is 55.4 Å². The first-order chi connectivity index (χ1) is 18.1. The molecule has 1 aromatic heterocycles. The van der Waals surface area contributed by atoms with Crippen LogP contribution in [0.4, 0.5) is 0 Å². The molecule has 1 atom stereocenters. The number of hydrogen-bond donors (Lipinski definition) is 2. The highest BCUT2D eigenvalue weighted by molar-refractivity contribution is 7.98. The van der Waals surface area contributed by atoms with Crippen molar-refractivity contribution in [1.29, 1.82) is 0 Å². The van der Waals surface area contributed by atoms with Crippen molar-refractivity contribution >= 4 is 17.7 Å². The SMILES string of the molecule is O=C1c2c(O)c(=O)ccn2N(C2c3ccccc3CSc3ccccc32)CN1CCCCCCCCO. The fourth-order valence-corrected chi connectivity index (χ4v) is 6.40. The number of unbranched alkanes of at least 4 members (excludes halogenated alkanes) is 5. The number of amides is 1. The lowest BCUT2D eigenvalue weighted by molar-refractivity contribution is 0.0676. The summed E-state index contributed by atoms with van der Waals surface area (Å²) in [5.74, 6) is 0.0192. The van der Waals surface area contributed by atoms with Gasteiger partial charge in [-0.2, -0.15) is 0 Å². The highest BCUT2D eigenvalue weighted by Crippen LogP contribution is 2.42. The number of rotatable bonds is 9. The van der Waals surface area contributed by atoms with E-state index in [1.165, 1.54) is 16.5 Å². The topological polar surface area (TPSA) is 86.0 Å². The highest BCUT2D eigenvalue weighted by Gasteiger charge is 2.38. The number of aromatic hydroxyl groups is 1. The molecule has 0 fully saturated rings. The molecule has 0 radical (unpaired) electrons. The average Bonchev–Trinajstić information content (AvgIpc) is 3.08. The summed E-state index contributed by atoms with van der Waals surface area (Å²) in [4.78, 5) is 28.9. The van der Waals surface area contributed by atoms with Crippen molar-refractivity contribution in [1.82, 2.24) is 9.58 Å². The number of carbonyl (C=O) groups is 1. The number of thioether (sulfide) groups is 1. The molecular weight excluding hydrogens is 486 g/mol. The molecule has 1 amide bonds. The Balaban J connectivity index is 1.52. The quantitative estimate of drug-likeness (QED) is 0.401. The largest absolute Gasteiger partial charge is 0.502 e. The predicted molar refractivity (Wildman–Crippen MR) is 146 cm³/mol. The predicted octanol–water partition coefficient (Wildman–Crippen LogP) is 4.63. The monoisotopic (exact) mass is 519 g/mol. The molecule has 1 unspecified atom stereocenters. The van der Waals surface area contributed by atoms with Gasteiger partial charge in [-0.25, -0.2) is 0 Å². The lowest BCUT2D eigenvalue weighted by atomic mass is 9.94. The van der Waals surface area contributed by atoms with Gasteiger partial charge in [0.1, 0.15) is 6.67 Å². The minimum absolute atomic E-state index is 0.0218. The van der Waals surface area contributed by atoms with Crippen molar-refractivity contribution in [3.05, 3.63) is 93.4 Å². The second-order valence-electron chi connectivity index (χ2n) is 9.64. The van der Waals surface area contributed by atoms with Crippen LogP contribution in [0.3, 0.4) is 0 Å². The molecule has 2 aliphatic rings. The molecule has 5 rings (SSSR count). The van der Waals surface area contributed by atoms with Gasteiger partial charge in [0.25, 0.3) is 5.91 Å². The molecule has 2 N–H and O–H groups in total. The highest BCUT2D eigenvalue weighted by atomic mass is 32.2. The zero-order chi connectivity index (χ0) is 25.8. The van der Waals surface area contributed by atoms with Crippen LogP contribution in [0.1, 0.15) is 71.7 Å². The van der Waals surface area contributed by atoms with Crippen LogP contribution in [0.15, 0.2) is 70.5 Å². The molecule has 0 saturated carbocycles. The second kappa shape index (κ2) is 11.4. The van der Waals surface area contributed by atoms with E-state index in [-0.39, 0.29) is 24.2 Å². The molecule has 2 aliphatic heterocycles. The summed E-state index contributed by atoms with van der Waals surface area (Å²) < 4.78 is 1.68. The van der Waals surface area contributed by atoms with Crippen LogP contribution in [-0.4, -0.2) is 45.5 Å². The standard InChI is InChI=1S/C29H33N3O4S/c33-18-10-4-2-1-3-9-16-30-20-32(31-17-15-24(34)28(35)27(31)29(30)36)26-22-12-6-5-11-21(22)19-37-25-14-8-7-13-23(25)26/h5-8,11-15,17,26,33,35H,1-4,9-10,16,18-20H2. The Labute approximate surface area is 221 Å². The third kappa shape index (κ3) is 5.13. The first kappa shape index (κ1) is 25.4. The summed E-state index contributed by atoms with van der Waals surface area (Å²) in [5.41, 5.74) is 2.99. The number of aliphatic hydroxyl groups excluding tert-OH is 1. The molecule has 0 spiro atoms. The summed E-state index contributed by atoms with van der Waals surface area (Å²) >= 11 is 1.80. The van der Waals surface area contributed by atoms with Crippen LogP contribution in [0.5, 0.6) is 5.75 Å². The maximum Gasteiger partial charge on any atom is 0.277 e. The number of nitrogens with zero attached hydrogens (tertiary/aromatic N) is 3. The summed E-state index contributed by atoms with van der Waals surface area (Å²) in [6.45, 7) is 1.12. The first-order valence-corrected chi connectivity index (χ1v) is 14.0. The van der Waals surface area contributed by atoms with E-state index in [2.05, 4.69) is 35.3 Å². The summed E-state index contributed by atoms with van der Waals surface area (Å²) in [6.07, 6.45) is 7.37. The van der Waals surface area contributed by atoms with Gasteiger partial charge in [-0.15, -0.1) is 11.8 Å². The number of pyridine rings is 1. The second-order valence-corrected chi connectivity index (χ2v) is 10.7. The van der Waals surface area contributed by atoms with Crippen LogP contribution in [-0.2, 0) is 5.75 Å². The van der Waals surface area contributed by atoms with Gasteiger partial charge in [-0.05, 0) is 35.6 Å². The number of benzene rings is 2. The third-order valence-corrected chi connectivity index (χ3v) is 8.35. The van der Waals surface area contributed by atoms with E-state index in [9.17, 15) is 14.7 Å². The van der Waals surface area contributed by atoms with Crippen LogP contribution in [0, 0.1) is 0 Å². The van der Waals surface area contributed by atoms with E-state index >= 15 is 0 Å². The molecule has 0 saturated heterocycles. The van der Waals surface area contributed by atoms with Crippen LogP contribution in [0.25, 0.3) is 0 Å². The van der Waals surface area contributed by atoms with E-state index in [1.54, 1.807) is 27.5 Å². The van der Waals surface area contributed by atoms with Gasteiger partial charge < -0.3 is 15.1 Å². The normalized spacial score (nSPS) is 16.7. The Morgan fingerprint density at radius 3 is 2.38 bits per heavy atom. The van der Waals surface area contributed by atoms with Crippen molar-refractivity contribution in [2.24, 2.45) is 0 Å². The maximum absolute atomic E-state index is 13.5. The van der Waals surface area contributed by atoms with Gasteiger partial charge in [-0.3, -0.25) is 19.3 Å². The molecule has 3 heterocycles. The third-order valence-electron chi connectivity index (χ3n) is 7.22. The van der Waals surface area contributed by atoms with Gasteiger partial charge in [0, 0.05) is 36.1 Å². The lowest BCUT2D eigenvalue weighted by Crippen LogP contribution is -2.55. The first-order valence-electron chi connectivity index (χ1n) is 13.0. The van der Waals surface area contributed by atoms with Gasteiger partial charge in [0.15, 0.2) is 11.4 Å². The van der Waals surface area contributed by atoms with Crippen LogP contribution < -0.4 is 10.4 Å². The number of aromatic nitrogens is 1. The number of hydrogen-bond acceptors (Lipinski definition) is 6. The molecule has 0 bridgehead atoms. The molecule has 7 nitrogen and oxygen atoms in total. The van der Waals surface area contributed by atoms with E-state index in [0.29, 0.717) is 13.2 Å². The summed E-state index contributed by atoms with van der Waals surface area (Å²) in [5, 5.41) is 21.8. The van der Waals surface area contributed by atoms with E-state index in [1.807, 2.05) is 18.2 Å². The molecule has 194 valence electrons. The maximum atomic E-state index is 13.5. The zero-order valence-corrected chi connectivity index (χ0v) is 21.7. The molecule has 8 heteroatoms. The van der Waals surface area contributed by atoms with Crippen molar-refractivity contribution in [2.75, 3.05) is 24.8 Å². The van der Waals surface area contributed by atoms with Gasteiger partial charge >= 0.3 is 0 Å². The van der Waals surface area contributed by atoms with Crippen molar-refractivity contribution in [2.45, 2.75) is 55.2 Å². The fraction of sp³-hybridized carbons (Fsp3) is 0.379. The summed E-state index contributed by atoms with van der Waals surface area (Å²) in [6, 6.07) is 17.8. The van der Waals surface area contributed by atoms with Crippen molar-refractivity contribution in [3.8, 4) is 5.75 Å². The van der Waals surface area contributed by atoms with Gasteiger partial charge in [-0.1, -0.05) is 68.1 Å². The smallest absolute Gasteiger partial charge is 0.277 e. The average molecular weight is 520 g/mol. The molecule has 0 aliphatic carbocycles. The summed E-state index contributed by atoms with van der Waals surface area (Å²) in [7, 11) is 0. The van der Waals surface area contributed by atoms with E-state index < -0.39 is 11.2 Å². The van der Waals surface area contributed by atoms with Crippen molar-refractivity contribution < 1.29 is 15.0 Å². The molecule has 3 aromatic rings. The number of aliphatic hydroxyl groups is 1. The van der Waals surface area contributed by atoms with Gasteiger partial charge in [0.05, 0.1) is 6.04 Å². The van der Waals surface area contributed by atoms with Gasteiger partial charge in [0.2, 0.25) is 5.43 Å². The number of carbonyl (C=O) groups excluding carboxylic acids is 1. The van der Waals surface area contributed by atoms with Crippen molar-refractivity contribution in [3.63, 3.8) is 0 Å². The van der Waals surface area contributed by atoms with E-state index in [4.69, 9.17) is 5.11 Å². The Hall–Kier alpha value is -3.23. The minimum atomic E-state index is -0.553. The van der Waals surface area contributed by atoms with Crippen LogP contribution in [0.2, 0.25) is 0 Å². The number of fused-ring (bicyclic) bond motifs is 3. The Bertz CT molecular complexity index is 1280.